The number of halogens is 1. The van der Waals surface area contributed by atoms with Crippen LogP contribution < -0.4 is 0 Å². The van der Waals surface area contributed by atoms with E-state index in [0.717, 1.165) is 18.6 Å². The van der Waals surface area contributed by atoms with E-state index in [4.69, 9.17) is 21.3 Å². The maximum absolute atomic E-state index is 8.41. The molecule has 0 N–H and O–H groups in total. The van der Waals surface area contributed by atoms with Gasteiger partial charge in [-0.1, -0.05) is 0 Å². The quantitative estimate of drug-likeness (QED) is 0.652. The Labute approximate surface area is 70.4 Å². The zero-order valence-corrected chi connectivity index (χ0v) is 6.77. The van der Waals surface area contributed by atoms with Gasteiger partial charge in [-0.2, -0.15) is 5.26 Å². The summed E-state index contributed by atoms with van der Waals surface area (Å²) in [5, 5.41) is 8.41. The summed E-state index contributed by atoms with van der Waals surface area (Å²) in [7, 11) is 0. The fourth-order valence-corrected chi connectivity index (χ4v) is 0.947. The lowest BCUT2D eigenvalue weighted by Gasteiger charge is -1.89. The third-order valence-electron chi connectivity index (χ3n) is 1.33. The van der Waals surface area contributed by atoms with Crippen molar-refractivity contribution in [3.05, 3.63) is 23.7 Å². The smallest absolute Gasteiger partial charge is 0.203 e. The lowest BCUT2D eigenvalue weighted by molar-refractivity contribution is 0.495. The van der Waals surface area contributed by atoms with Crippen molar-refractivity contribution in [1.82, 2.24) is 0 Å². The van der Waals surface area contributed by atoms with E-state index in [1.807, 2.05) is 12.1 Å². The lowest BCUT2D eigenvalue weighted by atomic mass is 10.3. The van der Waals surface area contributed by atoms with Gasteiger partial charge in [-0.05, 0) is 18.6 Å². The molecule has 0 aliphatic heterocycles. The average molecular weight is 170 g/mol. The number of furan rings is 1. The third-order valence-corrected chi connectivity index (χ3v) is 1.60. The zero-order valence-electron chi connectivity index (χ0n) is 6.01. The van der Waals surface area contributed by atoms with Gasteiger partial charge in [-0.25, -0.2) is 0 Å². The molecule has 0 atom stereocenters. The molecule has 1 aromatic rings. The van der Waals surface area contributed by atoms with Crippen molar-refractivity contribution in [2.24, 2.45) is 0 Å². The summed E-state index contributed by atoms with van der Waals surface area (Å²) in [6.07, 6.45) is 1.70. The summed E-state index contributed by atoms with van der Waals surface area (Å²) in [4.78, 5) is 0. The Morgan fingerprint density at radius 1 is 1.55 bits per heavy atom. The maximum atomic E-state index is 8.41. The van der Waals surface area contributed by atoms with E-state index in [1.54, 1.807) is 6.07 Å². The molecule has 2 nitrogen and oxygen atoms in total. The lowest BCUT2D eigenvalue weighted by Crippen LogP contribution is -1.81. The molecule has 0 aliphatic rings. The van der Waals surface area contributed by atoms with Crippen LogP contribution in [0, 0.1) is 11.3 Å². The van der Waals surface area contributed by atoms with Crippen LogP contribution in [0.15, 0.2) is 16.5 Å². The predicted octanol–water partition coefficient (Wildman–Crippen LogP) is 2.32. The van der Waals surface area contributed by atoms with E-state index in [1.165, 1.54) is 0 Å². The van der Waals surface area contributed by atoms with Crippen molar-refractivity contribution in [1.29, 1.82) is 5.26 Å². The summed E-state index contributed by atoms with van der Waals surface area (Å²) in [6.45, 7) is 0. The van der Waals surface area contributed by atoms with Gasteiger partial charge in [0.05, 0.1) is 0 Å². The molecule has 0 amide bonds. The number of aryl methyl sites for hydroxylation is 1. The van der Waals surface area contributed by atoms with Crippen molar-refractivity contribution in [2.75, 3.05) is 5.88 Å². The monoisotopic (exact) mass is 169 g/mol. The molecule has 0 bridgehead atoms. The highest BCUT2D eigenvalue weighted by Gasteiger charge is 1.99. The predicted molar refractivity (Wildman–Crippen MR) is 42.5 cm³/mol. The van der Waals surface area contributed by atoms with E-state index in [-0.39, 0.29) is 0 Å². The van der Waals surface area contributed by atoms with Crippen molar-refractivity contribution < 1.29 is 4.42 Å². The molecule has 0 saturated carbocycles. The van der Waals surface area contributed by atoms with Crippen molar-refractivity contribution in [3.8, 4) is 6.07 Å². The maximum Gasteiger partial charge on any atom is 0.203 e. The number of alkyl halides is 1. The molecule has 0 radical (unpaired) electrons. The van der Waals surface area contributed by atoms with E-state index in [0.29, 0.717) is 11.6 Å². The van der Waals surface area contributed by atoms with Crippen LogP contribution in [0.4, 0.5) is 0 Å². The zero-order chi connectivity index (χ0) is 8.10. The minimum Gasteiger partial charge on any atom is -0.451 e. The molecule has 1 aromatic heterocycles. The largest absolute Gasteiger partial charge is 0.451 e. The van der Waals surface area contributed by atoms with Gasteiger partial charge in [0.2, 0.25) is 5.76 Å². The average Bonchev–Trinajstić information content (AvgIpc) is 2.48. The Morgan fingerprint density at radius 3 is 2.91 bits per heavy atom. The van der Waals surface area contributed by atoms with E-state index in [9.17, 15) is 0 Å². The first kappa shape index (κ1) is 8.16. The van der Waals surface area contributed by atoms with Gasteiger partial charge in [0.1, 0.15) is 11.8 Å². The molecule has 0 saturated heterocycles. The Kier molecular flexibility index (Phi) is 3.00. The van der Waals surface area contributed by atoms with Gasteiger partial charge in [0.25, 0.3) is 0 Å². The normalized spacial score (nSPS) is 9.45. The molecule has 0 unspecified atom stereocenters. The highest BCUT2D eigenvalue weighted by atomic mass is 35.5. The second-order valence-corrected chi connectivity index (χ2v) is 2.55. The fraction of sp³-hybridized carbons (Fsp3) is 0.375. The summed E-state index contributed by atoms with van der Waals surface area (Å²) in [5.74, 6) is 1.83. The Bertz CT molecular complexity index is 261. The van der Waals surface area contributed by atoms with E-state index in [2.05, 4.69) is 0 Å². The van der Waals surface area contributed by atoms with Crippen LogP contribution in [0.1, 0.15) is 17.9 Å². The summed E-state index contributed by atoms with van der Waals surface area (Å²) < 4.78 is 5.12. The molecule has 0 spiro atoms. The second kappa shape index (κ2) is 4.05. The van der Waals surface area contributed by atoms with Crippen LogP contribution in [-0.4, -0.2) is 5.88 Å². The molecule has 0 aromatic carbocycles. The molecule has 1 heterocycles. The second-order valence-electron chi connectivity index (χ2n) is 2.17. The molecule has 1 rings (SSSR count). The fourth-order valence-electron chi connectivity index (χ4n) is 0.813. The van der Waals surface area contributed by atoms with Gasteiger partial charge < -0.3 is 4.42 Å². The Hall–Kier alpha value is -0.940. The van der Waals surface area contributed by atoms with Crippen LogP contribution in [0.2, 0.25) is 0 Å². The minimum atomic E-state index is 0.370. The first-order chi connectivity index (χ1) is 5.36. The van der Waals surface area contributed by atoms with Crippen molar-refractivity contribution >= 4 is 11.6 Å². The molecule has 58 valence electrons. The summed E-state index contributed by atoms with van der Waals surface area (Å²) in [6, 6.07) is 5.40. The van der Waals surface area contributed by atoms with Gasteiger partial charge in [0.15, 0.2) is 0 Å². The van der Waals surface area contributed by atoms with Crippen molar-refractivity contribution in [2.45, 2.75) is 12.8 Å². The highest BCUT2D eigenvalue weighted by molar-refractivity contribution is 6.17. The molecule has 0 aliphatic carbocycles. The van der Waals surface area contributed by atoms with Gasteiger partial charge >= 0.3 is 0 Å². The van der Waals surface area contributed by atoms with E-state index < -0.39 is 0 Å². The number of nitrogens with zero attached hydrogens (tertiary/aromatic N) is 1. The minimum absolute atomic E-state index is 0.370. The van der Waals surface area contributed by atoms with Gasteiger partial charge in [0, 0.05) is 12.3 Å². The van der Waals surface area contributed by atoms with Gasteiger partial charge in [-0.15, -0.1) is 11.6 Å². The first-order valence-electron chi connectivity index (χ1n) is 3.41. The Morgan fingerprint density at radius 2 is 2.36 bits per heavy atom. The van der Waals surface area contributed by atoms with Crippen LogP contribution in [0.3, 0.4) is 0 Å². The first-order valence-corrected chi connectivity index (χ1v) is 3.95. The summed E-state index contributed by atoms with van der Waals surface area (Å²) in [5.41, 5.74) is 0. The van der Waals surface area contributed by atoms with Crippen LogP contribution in [0.5, 0.6) is 0 Å². The molecule has 3 heteroatoms. The van der Waals surface area contributed by atoms with Crippen LogP contribution >= 0.6 is 11.6 Å². The molecular formula is C8H8ClNO. The summed E-state index contributed by atoms with van der Waals surface area (Å²) >= 11 is 5.49. The molecular weight excluding hydrogens is 162 g/mol. The molecule has 11 heavy (non-hydrogen) atoms. The number of hydrogen-bond acceptors (Lipinski definition) is 2. The molecule has 0 fully saturated rings. The topological polar surface area (TPSA) is 36.9 Å². The SMILES string of the molecule is N#Cc1ccc(CCCCl)o1. The van der Waals surface area contributed by atoms with Gasteiger partial charge in [-0.3, -0.25) is 0 Å². The highest BCUT2D eigenvalue weighted by Crippen LogP contribution is 2.08. The van der Waals surface area contributed by atoms with Crippen molar-refractivity contribution in [3.63, 3.8) is 0 Å². The number of hydrogen-bond donors (Lipinski definition) is 0. The number of nitriles is 1. The third kappa shape index (κ3) is 2.28. The van der Waals surface area contributed by atoms with Crippen LogP contribution in [-0.2, 0) is 6.42 Å². The number of rotatable bonds is 3. The Balaban J connectivity index is 2.53. The van der Waals surface area contributed by atoms with E-state index >= 15 is 0 Å². The standard InChI is InChI=1S/C8H8ClNO/c9-5-1-2-7-3-4-8(6-10)11-7/h3-4H,1-2,5H2. The van der Waals surface area contributed by atoms with Crippen LogP contribution in [0.25, 0.3) is 0 Å².